The summed E-state index contributed by atoms with van der Waals surface area (Å²) in [5.74, 6) is -2.27. The molecule has 1 aromatic heterocycles. The molecule has 0 saturated heterocycles. The molecule has 0 saturated carbocycles. The average molecular weight is 301 g/mol. The summed E-state index contributed by atoms with van der Waals surface area (Å²) in [5.41, 5.74) is -0.351. The molecule has 2 rings (SSSR count). The molecule has 0 N–H and O–H groups in total. The molecule has 1 aromatic carbocycles. The molecule has 0 fully saturated rings. The van der Waals surface area contributed by atoms with Crippen molar-refractivity contribution in [2.45, 2.75) is 13.5 Å². The van der Waals surface area contributed by atoms with E-state index in [9.17, 15) is 13.6 Å². The molecule has 0 radical (unpaired) electrons. The SMILES string of the molecule is CCn1ncc(OC)c1C(=O)c1cc(F)c(Cl)cc1F. The van der Waals surface area contributed by atoms with Gasteiger partial charge in [-0.1, -0.05) is 11.6 Å². The van der Waals surface area contributed by atoms with Gasteiger partial charge in [-0.2, -0.15) is 5.10 Å². The minimum Gasteiger partial charge on any atom is -0.493 e. The van der Waals surface area contributed by atoms with Gasteiger partial charge in [-0.3, -0.25) is 9.48 Å². The Morgan fingerprint density at radius 2 is 2.10 bits per heavy atom. The van der Waals surface area contributed by atoms with Crippen LogP contribution in [0.5, 0.6) is 5.75 Å². The van der Waals surface area contributed by atoms with Gasteiger partial charge in [0.05, 0.1) is 23.9 Å². The fourth-order valence-corrected chi connectivity index (χ4v) is 1.96. The van der Waals surface area contributed by atoms with Crippen LogP contribution in [0.25, 0.3) is 0 Å². The molecule has 7 heteroatoms. The second kappa shape index (κ2) is 5.58. The van der Waals surface area contributed by atoms with E-state index in [4.69, 9.17) is 16.3 Å². The van der Waals surface area contributed by atoms with Crippen molar-refractivity contribution < 1.29 is 18.3 Å². The number of hydrogen-bond donors (Lipinski definition) is 0. The number of halogens is 3. The number of methoxy groups -OCH3 is 1. The molecule has 0 aliphatic heterocycles. The Balaban J connectivity index is 2.57. The number of rotatable bonds is 4. The van der Waals surface area contributed by atoms with E-state index < -0.39 is 23.0 Å². The highest BCUT2D eigenvalue weighted by Gasteiger charge is 2.24. The Hall–Kier alpha value is -1.95. The molecule has 4 nitrogen and oxygen atoms in total. The third-order valence-corrected chi connectivity index (χ3v) is 3.08. The summed E-state index contributed by atoms with van der Waals surface area (Å²) >= 11 is 5.46. The predicted molar refractivity (Wildman–Crippen MR) is 69.3 cm³/mol. The third-order valence-electron chi connectivity index (χ3n) is 2.79. The van der Waals surface area contributed by atoms with Crippen molar-refractivity contribution in [3.63, 3.8) is 0 Å². The molecule has 1 heterocycles. The second-order valence-electron chi connectivity index (χ2n) is 3.95. The Bertz CT molecular complexity index is 649. The number of ether oxygens (including phenoxy) is 1. The van der Waals surface area contributed by atoms with E-state index in [0.717, 1.165) is 12.1 Å². The van der Waals surface area contributed by atoms with Crippen LogP contribution in [0.4, 0.5) is 8.78 Å². The lowest BCUT2D eigenvalue weighted by atomic mass is 10.1. The van der Waals surface area contributed by atoms with Crippen molar-refractivity contribution in [1.82, 2.24) is 9.78 Å². The van der Waals surface area contributed by atoms with Crippen molar-refractivity contribution >= 4 is 17.4 Å². The van der Waals surface area contributed by atoms with Crippen LogP contribution in [-0.4, -0.2) is 22.7 Å². The maximum atomic E-state index is 13.8. The first-order chi connectivity index (χ1) is 9.49. The van der Waals surface area contributed by atoms with Crippen LogP contribution >= 0.6 is 11.6 Å². The van der Waals surface area contributed by atoms with Crippen LogP contribution in [0.1, 0.15) is 23.0 Å². The Morgan fingerprint density at radius 1 is 1.40 bits per heavy atom. The lowest BCUT2D eigenvalue weighted by Crippen LogP contribution is -2.13. The van der Waals surface area contributed by atoms with E-state index in [-0.39, 0.29) is 16.5 Å². The van der Waals surface area contributed by atoms with Gasteiger partial charge in [0.15, 0.2) is 11.4 Å². The number of aryl methyl sites for hydroxylation is 1. The molecule has 0 aliphatic rings. The number of benzene rings is 1. The largest absolute Gasteiger partial charge is 0.493 e. The van der Waals surface area contributed by atoms with Crippen LogP contribution in [0.15, 0.2) is 18.3 Å². The first-order valence-corrected chi connectivity index (χ1v) is 6.16. The molecule has 0 amide bonds. The highest BCUT2D eigenvalue weighted by Crippen LogP contribution is 2.25. The van der Waals surface area contributed by atoms with E-state index in [1.165, 1.54) is 18.0 Å². The summed E-state index contributed by atoms with van der Waals surface area (Å²) in [4.78, 5) is 12.4. The van der Waals surface area contributed by atoms with E-state index >= 15 is 0 Å². The molecular weight excluding hydrogens is 290 g/mol. The van der Waals surface area contributed by atoms with Crippen LogP contribution in [-0.2, 0) is 6.54 Å². The van der Waals surface area contributed by atoms with Crippen LogP contribution in [0.2, 0.25) is 5.02 Å². The summed E-state index contributed by atoms with van der Waals surface area (Å²) in [7, 11) is 1.37. The quantitative estimate of drug-likeness (QED) is 0.644. The highest BCUT2D eigenvalue weighted by atomic mass is 35.5. The molecule has 106 valence electrons. The molecule has 0 bridgehead atoms. The maximum absolute atomic E-state index is 13.8. The molecule has 20 heavy (non-hydrogen) atoms. The van der Waals surface area contributed by atoms with Crippen LogP contribution in [0, 0.1) is 11.6 Å². The van der Waals surface area contributed by atoms with Gasteiger partial charge in [0.1, 0.15) is 11.6 Å². The highest BCUT2D eigenvalue weighted by molar-refractivity contribution is 6.30. The topological polar surface area (TPSA) is 44.1 Å². The molecule has 0 atom stereocenters. The van der Waals surface area contributed by atoms with Gasteiger partial charge in [0.25, 0.3) is 0 Å². The summed E-state index contributed by atoms with van der Waals surface area (Å²) in [6, 6.07) is 1.54. The van der Waals surface area contributed by atoms with Gasteiger partial charge in [0.2, 0.25) is 5.78 Å². The van der Waals surface area contributed by atoms with Crippen LogP contribution < -0.4 is 4.74 Å². The fourth-order valence-electron chi connectivity index (χ4n) is 1.81. The zero-order chi connectivity index (χ0) is 14.9. The molecule has 2 aromatic rings. The van der Waals surface area contributed by atoms with Gasteiger partial charge in [0, 0.05) is 6.54 Å². The van der Waals surface area contributed by atoms with E-state index in [1.54, 1.807) is 6.92 Å². The van der Waals surface area contributed by atoms with Gasteiger partial charge in [-0.15, -0.1) is 0 Å². The van der Waals surface area contributed by atoms with Crippen molar-refractivity contribution in [3.8, 4) is 5.75 Å². The molecule has 0 aliphatic carbocycles. The van der Waals surface area contributed by atoms with E-state index in [2.05, 4.69) is 5.10 Å². The van der Waals surface area contributed by atoms with Crippen molar-refractivity contribution in [3.05, 3.63) is 46.2 Å². The van der Waals surface area contributed by atoms with Crippen molar-refractivity contribution in [2.24, 2.45) is 0 Å². The normalized spacial score (nSPS) is 10.7. The van der Waals surface area contributed by atoms with Crippen LogP contribution in [0.3, 0.4) is 0 Å². The monoisotopic (exact) mass is 300 g/mol. The number of hydrogen-bond acceptors (Lipinski definition) is 3. The zero-order valence-electron chi connectivity index (χ0n) is 10.8. The lowest BCUT2D eigenvalue weighted by molar-refractivity contribution is 0.102. The van der Waals surface area contributed by atoms with E-state index in [0.29, 0.717) is 6.54 Å². The summed E-state index contributed by atoms with van der Waals surface area (Å²) in [5, 5.41) is 3.57. The molecular formula is C13H11ClF2N2O2. The number of aromatic nitrogens is 2. The number of ketones is 1. The van der Waals surface area contributed by atoms with Crippen molar-refractivity contribution in [2.75, 3.05) is 7.11 Å². The number of carbonyl (C=O) groups excluding carboxylic acids is 1. The molecule has 0 spiro atoms. The fraction of sp³-hybridized carbons (Fsp3) is 0.231. The summed E-state index contributed by atoms with van der Waals surface area (Å²) in [6.45, 7) is 2.16. The average Bonchev–Trinajstić information content (AvgIpc) is 2.85. The lowest BCUT2D eigenvalue weighted by Gasteiger charge is -2.08. The van der Waals surface area contributed by atoms with Gasteiger partial charge in [-0.25, -0.2) is 8.78 Å². The maximum Gasteiger partial charge on any atom is 0.217 e. The van der Waals surface area contributed by atoms with Gasteiger partial charge >= 0.3 is 0 Å². The third kappa shape index (κ3) is 2.38. The van der Waals surface area contributed by atoms with Gasteiger partial charge in [-0.05, 0) is 19.1 Å². The first-order valence-electron chi connectivity index (χ1n) is 5.78. The zero-order valence-corrected chi connectivity index (χ0v) is 11.5. The minimum atomic E-state index is -0.896. The minimum absolute atomic E-state index is 0.0654. The summed E-state index contributed by atoms with van der Waals surface area (Å²) in [6.07, 6.45) is 1.35. The Labute approximate surface area is 118 Å². The van der Waals surface area contributed by atoms with Crippen molar-refractivity contribution in [1.29, 1.82) is 0 Å². The Morgan fingerprint density at radius 3 is 2.70 bits per heavy atom. The second-order valence-corrected chi connectivity index (χ2v) is 4.36. The standard InChI is InChI=1S/C13H11ClF2N2O2/c1-3-18-12(11(20-2)6-17-18)13(19)7-4-10(16)8(14)5-9(7)15/h4-6H,3H2,1-2H3. The predicted octanol–water partition coefficient (Wildman–Crippen LogP) is 3.07. The molecule has 0 unspecified atom stereocenters. The number of carbonyl (C=O) groups is 1. The van der Waals surface area contributed by atoms with E-state index in [1.807, 2.05) is 0 Å². The number of nitrogens with zero attached hydrogens (tertiary/aromatic N) is 2. The smallest absolute Gasteiger partial charge is 0.217 e. The van der Waals surface area contributed by atoms with Gasteiger partial charge < -0.3 is 4.74 Å². The Kier molecular flexibility index (Phi) is 4.04. The summed E-state index contributed by atoms with van der Waals surface area (Å²) < 4.78 is 33.6. The first kappa shape index (κ1) is 14.5.